The first kappa shape index (κ1) is 9.73. The van der Waals surface area contributed by atoms with Gasteiger partial charge in [0.15, 0.2) is 0 Å². The Hall–Kier alpha value is -1.36. The van der Waals surface area contributed by atoms with E-state index in [9.17, 15) is 4.79 Å². The predicted molar refractivity (Wildman–Crippen MR) is 48.1 cm³/mol. The quantitative estimate of drug-likeness (QED) is 0.631. The van der Waals surface area contributed by atoms with Crippen molar-refractivity contribution in [3.05, 3.63) is 12.4 Å². The number of nitrogens with zero attached hydrogens (tertiary/aromatic N) is 1. The van der Waals surface area contributed by atoms with Crippen LogP contribution in [-0.4, -0.2) is 27.8 Å². The van der Waals surface area contributed by atoms with Gasteiger partial charge >= 0.3 is 0 Å². The average Bonchev–Trinajstić information content (AvgIpc) is 2.59. The third kappa shape index (κ3) is 2.55. The topological polar surface area (TPSA) is 78.0 Å². The van der Waals surface area contributed by atoms with Crippen LogP contribution in [0.1, 0.15) is 13.3 Å². The van der Waals surface area contributed by atoms with Gasteiger partial charge in [0.1, 0.15) is 0 Å². The molecule has 0 bridgehead atoms. The third-order valence-electron chi connectivity index (χ3n) is 1.85. The maximum Gasteiger partial charge on any atom is 0.229 e. The molecule has 0 aliphatic heterocycles. The molecule has 0 aromatic carbocycles. The molecule has 1 atom stereocenters. The molecule has 1 amide bonds. The van der Waals surface area contributed by atoms with Crippen molar-refractivity contribution < 1.29 is 9.90 Å². The molecule has 0 spiro atoms. The number of amides is 1. The fourth-order valence-electron chi connectivity index (χ4n) is 0.961. The molecule has 5 heteroatoms. The molecule has 1 unspecified atom stereocenters. The summed E-state index contributed by atoms with van der Waals surface area (Å²) in [5.41, 5.74) is 0.622. The Morgan fingerprint density at radius 1 is 1.85 bits per heavy atom. The lowest BCUT2D eigenvalue weighted by Gasteiger charge is -2.10. The van der Waals surface area contributed by atoms with E-state index >= 15 is 0 Å². The molecule has 0 saturated heterocycles. The third-order valence-corrected chi connectivity index (χ3v) is 1.85. The molecule has 0 aliphatic carbocycles. The number of carbonyl (C=O) groups excluding carboxylic acids is 1. The minimum Gasteiger partial charge on any atom is -0.396 e. The van der Waals surface area contributed by atoms with Gasteiger partial charge < -0.3 is 10.4 Å². The molecule has 1 aromatic heterocycles. The van der Waals surface area contributed by atoms with Crippen LogP contribution >= 0.6 is 0 Å². The Kier molecular flexibility index (Phi) is 3.45. The number of aromatic amines is 1. The Morgan fingerprint density at radius 3 is 3.08 bits per heavy atom. The van der Waals surface area contributed by atoms with Crippen LogP contribution < -0.4 is 5.32 Å². The molecule has 1 heterocycles. The Balaban J connectivity index is 2.49. The fourth-order valence-corrected chi connectivity index (χ4v) is 0.961. The smallest absolute Gasteiger partial charge is 0.229 e. The summed E-state index contributed by atoms with van der Waals surface area (Å²) in [5.74, 6) is -0.513. The second-order valence-corrected chi connectivity index (χ2v) is 2.76. The van der Waals surface area contributed by atoms with Crippen LogP contribution in [0.15, 0.2) is 12.4 Å². The lowest BCUT2D eigenvalue weighted by Crippen LogP contribution is -2.24. The summed E-state index contributed by atoms with van der Waals surface area (Å²) in [6.45, 7) is 1.73. The standard InChI is InChI=1S/C8H13N3O2/c1-2-6(5-12)8(13)11-7-3-9-10-4-7/h3-4,6,12H,2,5H2,1H3,(H,9,10)(H,11,13). The maximum atomic E-state index is 11.4. The number of H-pyrrole nitrogens is 1. The number of hydrogen-bond acceptors (Lipinski definition) is 3. The van der Waals surface area contributed by atoms with Crippen molar-refractivity contribution in [1.29, 1.82) is 0 Å². The van der Waals surface area contributed by atoms with E-state index in [4.69, 9.17) is 5.11 Å². The minimum atomic E-state index is -0.338. The lowest BCUT2D eigenvalue weighted by atomic mass is 10.1. The first-order valence-electron chi connectivity index (χ1n) is 4.18. The molecule has 0 fully saturated rings. The van der Waals surface area contributed by atoms with Crippen LogP contribution in [0, 0.1) is 5.92 Å². The zero-order valence-electron chi connectivity index (χ0n) is 7.45. The summed E-state index contributed by atoms with van der Waals surface area (Å²) in [6.07, 6.45) is 3.73. The van der Waals surface area contributed by atoms with Gasteiger partial charge in [0.25, 0.3) is 0 Å². The number of nitrogens with one attached hydrogen (secondary N) is 2. The van der Waals surface area contributed by atoms with Gasteiger partial charge in [-0.05, 0) is 6.42 Å². The molecule has 0 saturated carbocycles. The van der Waals surface area contributed by atoms with Crippen LogP contribution in [0.2, 0.25) is 0 Å². The van der Waals surface area contributed by atoms with Gasteiger partial charge in [-0.1, -0.05) is 6.92 Å². The number of carbonyl (C=O) groups is 1. The van der Waals surface area contributed by atoms with E-state index in [0.29, 0.717) is 12.1 Å². The predicted octanol–water partition coefficient (Wildman–Crippen LogP) is 0.367. The summed E-state index contributed by atoms with van der Waals surface area (Å²) in [7, 11) is 0. The largest absolute Gasteiger partial charge is 0.396 e. The summed E-state index contributed by atoms with van der Waals surface area (Å²) in [4.78, 5) is 11.4. The average molecular weight is 183 g/mol. The second kappa shape index (κ2) is 4.61. The lowest BCUT2D eigenvalue weighted by molar-refractivity contribution is -0.121. The van der Waals surface area contributed by atoms with Crippen molar-refractivity contribution >= 4 is 11.6 Å². The molecule has 0 aliphatic rings. The van der Waals surface area contributed by atoms with Crippen molar-refractivity contribution in [2.24, 2.45) is 5.92 Å². The Morgan fingerprint density at radius 2 is 2.62 bits per heavy atom. The van der Waals surface area contributed by atoms with E-state index in [1.165, 1.54) is 6.20 Å². The molecule has 1 aromatic rings. The summed E-state index contributed by atoms with van der Waals surface area (Å²) < 4.78 is 0. The SMILES string of the molecule is CCC(CO)C(=O)Nc1cn[nH]c1. The normalized spacial score (nSPS) is 12.5. The van der Waals surface area contributed by atoms with Gasteiger partial charge in [0.05, 0.1) is 24.4 Å². The van der Waals surface area contributed by atoms with Gasteiger partial charge in [-0.2, -0.15) is 5.10 Å². The van der Waals surface area contributed by atoms with Crippen LogP contribution in [0.3, 0.4) is 0 Å². The fraction of sp³-hybridized carbons (Fsp3) is 0.500. The van der Waals surface area contributed by atoms with E-state index in [2.05, 4.69) is 15.5 Å². The molecular formula is C8H13N3O2. The Bertz CT molecular complexity index is 254. The number of rotatable bonds is 4. The second-order valence-electron chi connectivity index (χ2n) is 2.76. The highest BCUT2D eigenvalue weighted by atomic mass is 16.3. The highest BCUT2D eigenvalue weighted by Gasteiger charge is 2.15. The number of anilines is 1. The molecule has 3 N–H and O–H groups in total. The zero-order valence-corrected chi connectivity index (χ0v) is 7.45. The molecule has 0 radical (unpaired) electrons. The molecule has 1 rings (SSSR count). The van der Waals surface area contributed by atoms with Crippen molar-refractivity contribution in [1.82, 2.24) is 10.2 Å². The maximum absolute atomic E-state index is 11.4. The summed E-state index contributed by atoms with van der Waals surface area (Å²) in [5, 5.41) is 17.7. The van der Waals surface area contributed by atoms with Crippen molar-refractivity contribution in [3.63, 3.8) is 0 Å². The van der Waals surface area contributed by atoms with Crippen LogP contribution in [0.4, 0.5) is 5.69 Å². The number of aliphatic hydroxyl groups excluding tert-OH is 1. The highest BCUT2D eigenvalue weighted by molar-refractivity contribution is 5.92. The number of aromatic nitrogens is 2. The molecule has 13 heavy (non-hydrogen) atoms. The van der Waals surface area contributed by atoms with Gasteiger partial charge in [-0.15, -0.1) is 0 Å². The van der Waals surface area contributed by atoms with E-state index in [1.807, 2.05) is 6.92 Å². The van der Waals surface area contributed by atoms with Gasteiger partial charge in [0, 0.05) is 6.20 Å². The number of aliphatic hydroxyl groups is 1. The summed E-state index contributed by atoms with van der Waals surface area (Å²) in [6, 6.07) is 0. The molecular weight excluding hydrogens is 170 g/mol. The summed E-state index contributed by atoms with van der Waals surface area (Å²) >= 11 is 0. The monoisotopic (exact) mass is 183 g/mol. The Labute approximate surface area is 76.2 Å². The first-order valence-corrected chi connectivity index (χ1v) is 4.18. The van der Waals surface area contributed by atoms with Crippen LogP contribution in [-0.2, 0) is 4.79 Å². The van der Waals surface area contributed by atoms with Crippen molar-refractivity contribution in [3.8, 4) is 0 Å². The van der Waals surface area contributed by atoms with E-state index in [1.54, 1.807) is 6.20 Å². The molecule has 72 valence electrons. The molecule has 5 nitrogen and oxygen atoms in total. The van der Waals surface area contributed by atoms with Crippen molar-refractivity contribution in [2.45, 2.75) is 13.3 Å². The van der Waals surface area contributed by atoms with Crippen molar-refractivity contribution in [2.75, 3.05) is 11.9 Å². The van der Waals surface area contributed by atoms with Crippen LogP contribution in [0.25, 0.3) is 0 Å². The van der Waals surface area contributed by atoms with E-state index in [0.717, 1.165) is 0 Å². The van der Waals surface area contributed by atoms with Gasteiger partial charge in [0.2, 0.25) is 5.91 Å². The minimum absolute atomic E-state index is 0.125. The van der Waals surface area contributed by atoms with E-state index in [-0.39, 0.29) is 18.4 Å². The number of hydrogen-bond donors (Lipinski definition) is 3. The van der Waals surface area contributed by atoms with Gasteiger partial charge in [-0.25, -0.2) is 0 Å². The zero-order chi connectivity index (χ0) is 9.68. The van der Waals surface area contributed by atoms with Crippen LogP contribution in [0.5, 0.6) is 0 Å². The highest BCUT2D eigenvalue weighted by Crippen LogP contribution is 2.07. The van der Waals surface area contributed by atoms with Gasteiger partial charge in [-0.3, -0.25) is 9.89 Å². The van der Waals surface area contributed by atoms with E-state index < -0.39 is 0 Å². The first-order chi connectivity index (χ1) is 6.27.